The molecule has 8 heteroatoms. The molecule has 0 fully saturated rings. The van der Waals surface area contributed by atoms with Crippen LogP contribution in [-0.2, 0) is 9.59 Å². The summed E-state index contributed by atoms with van der Waals surface area (Å²) in [6, 6.07) is 18.6. The van der Waals surface area contributed by atoms with Crippen LogP contribution in [0, 0.1) is 13.8 Å². The molecular weight excluding hydrogens is 556 g/mol. The van der Waals surface area contributed by atoms with E-state index < -0.39 is 5.92 Å². The number of allylic oxidation sites excluding steroid dienone is 3. The van der Waals surface area contributed by atoms with Gasteiger partial charge in [0.15, 0.2) is 22.7 Å². The van der Waals surface area contributed by atoms with Crippen LogP contribution >= 0.6 is 0 Å². The molecule has 4 aromatic rings. The molecule has 2 N–H and O–H groups in total. The van der Waals surface area contributed by atoms with E-state index >= 15 is 0 Å². The minimum atomic E-state index is -0.907. The summed E-state index contributed by atoms with van der Waals surface area (Å²) in [5.41, 5.74) is 5.82. The summed E-state index contributed by atoms with van der Waals surface area (Å²) in [4.78, 5) is 42.3. The number of carbonyl (C=O) groups excluding carboxylic acids is 2. The number of carbonyl (C=O) groups is 2. The van der Waals surface area contributed by atoms with Crippen molar-refractivity contribution in [3.8, 4) is 11.5 Å². The highest BCUT2D eigenvalue weighted by atomic mass is 16.5. The number of benzene rings is 3. The predicted octanol–water partition coefficient (Wildman–Crippen LogP) is 6.43. The van der Waals surface area contributed by atoms with Gasteiger partial charge >= 0.3 is 0 Å². The lowest BCUT2D eigenvalue weighted by atomic mass is 9.71. The van der Waals surface area contributed by atoms with Gasteiger partial charge in [-0.3, -0.25) is 14.4 Å². The molecule has 0 radical (unpaired) electrons. The molecule has 0 bridgehead atoms. The fraction of sp³-hybridized carbons (Fsp3) is 0.250. The molecule has 8 nitrogen and oxygen atoms in total. The molecule has 2 aliphatic rings. The Morgan fingerprint density at radius 2 is 1.70 bits per heavy atom. The van der Waals surface area contributed by atoms with Gasteiger partial charge in [0.2, 0.25) is 0 Å². The number of anilines is 1. The normalized spacial score (nSPS) is 18.2. The van der Waals surface area contributed by atoms with Crippen molar-refractivity contribution < 1.29 is 23.5 Å². The Morgan fingerprint density at radius 3 is 2.45 bits per heavy atom. The molecular formula is C36H34N2O6. The highest BCUT2D eigenvalue weighted by Crippen LogP contribution is 2.46. The van der Waals surface area contributed by atoms with Gasteiger partial charge in [0.25, 0.3) is 5.91 Å². The van der Waals surface area contributed by atoms with Crippen molar-refractivity contribution in [2.75, 3.05) is 19.5 Å². The van der Waals surface area contributed by atoms with E-state index in [-0.39, 0.29) is 35.0 Å². The molecule has 2 atom stereocenters. The number of methoxy groups -OCH3 is 2. The maximum atomic E-state index is 14.1. The van der Waals surface area contributed by atoms with Crippen molar-refractivity contribution in [1.82, 2.24) is 5.32 Å². The van der Waals surface area contributed by atoms with E-state index in [0.717, 1.165) is 16.7 Å². The van der Waals surface area contributed by atoms with Crippen LogP contribution in [0.25, 0.3) is 11.0 Å². The SMILES string of the molecule is COc1ccc([C@@H]2CC(=O)C3=C(C2)NC(C)=C(C(=O)Nc2ccccc2C)[C@@H]3c2coc3ccc(C)cc3c2=O)cc1OC. The summed E-state index contributed by atoms with van der Waals surface area (Å²) in [6.07, 6.45) is 2.12. The first kappa shape index (κ1) is 29.0. The molecule has 0 saturated carbocycles. The van der Waals surface area contributed by atoms with Gasteiger partial charge in [-0.05, 0) is 74.6 Å². The second-order valence-corrected chi connectivity index (χ2v) is 11.4. The number of ketones is 1. The molecule has 44 heavy (non-hydrogen) atoms. The average Bonchev–Trinajstić information content (AvgIpc) is 3.01. The van der Waals surface area contributed by atoms with E-state index in [1.165, 1.54) is 6.26 Å². The van der Waals surface area contributed by atoms with E-state index in [9.17, 15) is 14.4 Å². The molecule has 1 aliphatic heterocycles. The molecule has 2 heterocycles. The lowest BCUT2D eigenvalue weighted by molar-refractivity contribution is -0.116. The minimum absolute atomic E-state index is 0.138. The number of para-hydroxylation sites is 1. The zero-order valence-corrected chi connectivity index (χ0v) is 25.4. The second-order valence-electron chi connectivity index (χ2n) is 11.4. The van der Waals surface area contributed by atoms with E-state index in [1.807, 2.05) is 62.4 Å². The number of ether oxygens (including phenoxy) is 2. The molecule has 224 valence electrons. The Morgan fingerprint density at radius 1 is 0.932 bits per heavy atom. The van der Waals surface area contributed by atoms with Gasteiger partial charge in [-0.15, -0.1) is 0 Å². The topological polar surface area (TPSA) is 107 Å². The third-order valence-electron chi connectivity index (χ3n) is 8.61. The van der Waals surface area contributed by atoms with E-state index in [0.29, 0.717) is 57.1 Å². The van der Waals surface area contributed by atoms with Gasteiger partial charge in [0.05, 0.1) is 31.8 Å². The van der Waals surface area contributed by atoms with Crippen molar-refractivity contribution in [2.45, 2.75) is 45.4 Å². The van der Waals surface area contributed by atoms with Crippen LogP contribution in [0.5, 0.6) is 11.5 Å². The standard InChI is InChI=1S/C36H34N2O6/c1-19-10-12-29-24(14-19)35(40)25(18-44-29)33-32(36(41)38-26-9-7-6-8-20(26)2)21(3)37-27-15-23(16-28(39)34(27)33)22-11-13-30(42-4)31(17-22)43-5/h6-14,17-18,23,33,37H,15-16H2,1-5H3,(H,38,41)/t23-,33-/m0/s1. The van der Waals surface area contributed by atoms with E-state index in [2.05, 4.69) is 10.6 Å². The summed E-state index contributed by atoms with van der Waals surface area (Å²) in [7, 11) is 3.16. The van der Waals surface area contributed by atoms with Gasteiger partial charge in [0.1, 0.15) is 5.58 Å². The Labute approximate surface area is 255 Å². The average molecular weight is 591 g/mol. The van der Waals surface area contributed by atoms with Crippen molar-refractivity contribution >= 4 is 28.3 Å². The third kappa shape index (κ3) is 5.06. The summed E-state index contributed by atoms with van der Waals surface area (Å²) in [5.74, 6) is -0.381. The maximum absolute atomic E-state index is 14.1. The Bertz CT molecular complexity index is 1950. The van der Waals surface area contributed by atoms with Crippen LogP contribution in [0.4, 0.5) is 5.69 Å². The summed E-state index contributed by atoms with van der Waals surface area (Å²) in [6.45, 7) is 5.62. The number of Topliss-reactive ketones (excluding diaryl/α,β-unsaturated/α-hetero) is 1. The quantitative estimate of drug-likeness (QED) is 0.267. The monoisotopic (exact) mass is 590 g/mol. The smallest absolute Gasteiger partial charge is 0.254 e. The molecule has 1 aliphatic carbocycles. The third-order valence-corrected chi connectivity index (χ3v) is 8.61. The molecule has 0 unspecified atom stereocenters. The maximum Gasteiger partial charge on any atom is 0.254 e. The van der Waals surface area contributed by atoms with Crippen LogP contribution < -0.4 is 25.5 Å². The molecule has 3 aromatic carbocycles. The highest BCUT2D eigenvalue weighted by molar-refractivity contribution is 6.10. The van der Waals surface area contributed by atoms with Gasteiger partial charge in [-0.2, -0.15) is 0 Å². The Balaban J connectivity index is 1.48. The lowest BCUT2D eigenvalue weighted by Crippen LogP contribution is -2.38. The largest absolute Gasteiger partial charge is 0.493 e. The Hall–Kier alpha value is -5.11. The first-order valence-corrected chi connectivity index (χ1v) is 14.5. The number of nitrogens with one attached hydrogen (secondary N) is 2. The van der Waals surface area contributed by atoms with Crippen molar-refractivity contribution in [3.05, 3.63) is 122 Å². The predicted molar refractivity (Wildman–Crippen MR) is 169 cm³/mol. The number of hydrogen-bond acceptors (Lipinski definition) is 7. The fourth-order valence-electron chi connectivity index (χ4n) is 6.36. The molecule has 1 amide bonds. The number of hydrogen-bond donors (Lipinski definition) is 2. The molecule has 1 aromatic heterocycles. The summed E-state index contributed by atoms with van der Waals surface area (Å²) < 4.78 is 16.9. The van der Waals surface area contributed by atoms with Crippen LogP contribution in [0.2, 0.25) is 0 Å². The first-order chi connectivity index (χ1) is 21.2. The number of dihydropyridines is 1. The van der Waals surface area contributed by atoms with Gasteiger partial charge in [-0.25, -0.2) is 0 Å². The zero-order chi connectivity index (χ0) is 31.1. The molecule has 0 saturated heterocycles. The van der Waals surface area contributed by atoms with Crippen LogP contribution in [0.15, 0.2) is 98.7 Å². The van der Waals surface area contributed by atoms with Crippen LogP contribution in [0.1, 0.15) is 53.9 Å². The lowest BCUT2D eigenvalue weighted by Gasteiger charge is -2.36. The van der Waals surface area contributed by atoms with E-state index in [1.54, 1.807) is 33.3 Å². The number of fused-ring (bicyclic) bond motifs is 1. The second kappa shape index (κ2) is 11.5. The Kier molecular flexibility index (Phi) is 7.59. The summed E-state index contributed by atoms with van der Waals surface area (Å²) >= 11 is 0. The summed E-state index contributed by atoms with van der Waals surface area (Å²) in [5, 5.41) is 6.81. The minimum Gasteiger partial charge on any atom is -0.493 e. The zero-order valence-electron chi connectivity index (χ0n) is 25.4. The highest BCUT2D eigenvalue weighted by Gasteiger charge is 2.42. The first-order valence-electron chi connectivity index (χ1n) is 14.5. The van der Waals surface area contributed by atoms with Crippen molar-refractivity contribution in [3.63, 3.8) is 0 Å². The van der Waals surface area contributed by atoms with Gasteiger partial charge < -0.3 is 24.5 Å². The van der Waals surface area contributed by atoms with E-state index in [4.69, 9.17) is 13.9 Å². The van der Waals surface area contributed by atoms with Crippen molar-refractivity contribution in [2.24, 2.45) is 0 Å². The number of rotatable bonds is 6. The van der Waals surface area contributed by atoms with Crippen molar-refractivity contribution in [1.29, 1.82) is 0 Å². The van der Waals surface area contributed by atoms with Crippen LogP contribution in [-0.4, -0.2) is 25.9 Å². The molecule has 0 spiro atoms. The van der Waals surface area contributed by atoms with Gasteiger partial charge in [-0.1, -0.05) is 35.9 Å². The number of amides is 1. The fourth-order valence-corrected chi connectivity index (χ4v) is 6.36. The molecule has 6 rings (SSSR count). The number of aryl methyl sites for hydroxylation is 2. The van der Waals surface area contributed by atoms with Gasteiger partial charge in [0, 0.05) is 40.2 Å². The van der Waals surface area contributed by atoms with Crippen LogP contribution in [0.3, 0.4) is 0 Å².